The maximum atomic E-state index is 12.4. The van der Waals surface area contributed by atoms with Crippen molar-refractivity contribution in [1.29, 1.82) is 0 Å². The molecule has 1 aliphatic rings. The zero-order chi connectivity index (χ0) is 14.2. The molecular weight excluding hydrogens is 359 g/mol. The Morgan fingerprint density at radius 2 is 2.16 bits per heavy atom. The molecule has 1 aliphatic heterocycles. The molecule has 0 saturated carbocycles. The zero-order valence-electron chi connectivity index (χ0n) is 10.5. The third-order valence-corrected chi connectivity index (χ3v) is 4.87. The fraction of sp³-hybridized carbons (Fsp3) is 0.385. The number of aryl methyl sites for hydroxylation is 1. The first-order valence-electron chi connectivity index (χ1n) is 5.92. The highest BCUT2D eigenvalue weighted by Gasteiger charge is 2.43. The Balaban J connectivity index is 2.23. The third-order valence-electron chi connectivity index (χ3n) is 3.44. The first-order chi connectivity index (χ1) is 8.85. The fourth-order valence-corrected chi connectivity index (χ4v) is 2.75. The molecule has 0 radical (unpaired) electrons. The van der Waals surface area contributed by atoms with E-state index < -0.39 is 11.5 Å². The van der Waals surface area contributed by atoms with E-state index in [1.165, 1.54) is 4.90 Å². The van der Waals surface area contributed by atoms with Crippen molar-refractivity contribution in [3.63, 3.8) is 0 Å². The third kappa shape index (κ3) is 2.59. The van der Waals surface area contributed by atoms with Crippen LogP contribution in [-0.2, 0) is 4.79 Å². The van der Waals surface area contributed by atoms with Crippen molar-refractivity contribution in [3.05, 3.63) is 32.9 Å². The molecule has 1 unspecified atom stereocenters. The predicted octanol–water partition coefficient (Wildman–Crippen LogP) is 1.23. The summed E-state index contributed by atoms with van der Waals surface area (Å²) in [5.74, 6) is -1.21. The Labute approximate surface area is 124 Å². The van der Waals surface area contributed by atoms with Crippen molar-refractivity contribution >= 4 is 34.5 Å². The normalized spacial score (nSPS) is 22.6. The maximum absolute atomic E-state index is 12.4. The standard InChI is InChI=1S/C13H15IN2O3/c1-8-3-2-4-9(10(8)14)11(17)16-6-5-13(15,7-16)12(18)19/h2-4H,5-7,15H2,1H3,(H,18,19). The lowest BCUT2D eigenvalue weighted by atomic mass is 10.0. The van der Waals surface area contributed by atoms with Crippen LogP contribution in [0.2, 0.25) is 0 Å². The lowest BCUT2D eigenvalue weighted by Crippen LogP contribution is -2.50. The van der Waals surface area contributed by atoms with Gasteiger partial charge >= 0.3 is 5.97 Å². The SMILES string of the molecule is Cc1cccc(C(=O)N2CCC(N)(C(=O)O)C2)c1I. The lowest BCUT2D eigenvalue weighted by Gasteiger charge is -2.20. The van der Waals surface area contributed by atoms with Crippen LogP contribution in [0.15, 0.2) is 18.2 Å². The highest BCUT2D eigenvalue weighted by Crippen LogP contribution is 2.24. The van der Waals surface area contributed by atoms with Crippen LogP contribution in [0.5, 0.6) is 0 Å². The quantitative estimate of drug-likeness (QED) is 0.763. The summed E-state index contributed by atoms with van der Waals surface area (Å²) < 4.78 is 0.898. The van der Waals surface area contributed by atoms with Crippen LogP contribution in [0.1, 0.15) is 22.3 Å². The van der Waals surface area contributed by atoms with E-state index in [1.54, 1.807) is 6.07 Å². The second-order valence-corrected chi connectivity index (χ2v) is 5.95. The summed E-state index contributed by atoms with van der Waals surface area (Å²) in [7, 11) is 0. The number of nitrogens with zero attached hydrogens (tertiary/aromatic N) is 1. The Kier molecular flexibility index (Phi) is 3.82. The molecule has 5 nitrogen and oxygen atoms in total. The summed E-state index contributed by atoms with van der Waals surface area (Å²) in [6.45, 7) is 2.38. The van der Waals surface area contributed by atoms with Crippen LogP contribution in [0, 0.1) is 10.5 Å². The van der Waals surface area contributed by atoms with Gasteiger partial charge in [-0.1, -0.05) is 12.1 Å². The average Bonchev–Trinajstić information content (AvgIpc) is 2.76. The van der Waals surface area contributed by atoms with E-state index >= 15 is 0 Å². The zero-order valence-corrected chi connectivity index (χ0v) is 12.7. The monoisotopic (exact) mass is 374 g/mol. The van der Waals surface area contributed by atoms with Crippen molar-refractivity contribution < 1.29 is 14.7 Å². The van der Waals surface area contributed by atoms with Crippen molar-refractivity contribution in [2.24, 2.45) is 5.73 Å². The van der Waals surface area contributed by atoms with Gasteiger partial charge < -0.3 is 15.7 Å². The van der Waals surface area contributed by atoms with Crippen molar-refractivity contribution in [2.45, 2.75) is 18.9 Å². The van der Waals surface area contributed by atoms with Gasteiger partial charge in [-0.05, 0) is 47.6 Å². The molecule has 102 valence electrons. The number of amides is 1. The molecule has 1 fully saturated rings. The second-order valence-electron chi connectivity index (χ2n) is 4.87. The summed E-state index contributed by atoms with van der Waals surface area (Å²) in [5.41, 5.74) is 6.10. The largest absolute Gasteiger partial charge is 0.480 e. The van der Waals surface area contributed by atoms with Gasteiger partial charge in [0.1, 0.15) is 5.54 Å². The first-order valence-corrected chi connectivity index (χ1v) is 7.00. The van der Waals surface area contributed by atoms with E-state index in [4.69, 9.17) is 10.8 Å². The van der Waals surface area contributed by atoms with Crippen molar-refractivity contribution in [3.8, 4) is 0 Å². The molecular formula is C13H15IN2O3. The minimum Gasteiger partial charge on any atom is -0.480 e. The van der Waals surface area contributed by atoms with E-state index in [0.717, 1.165) is 9.13 Å². The van der Waals surface area contributed by atoms with Crippen molar-refractivity contribution in [2.75, 3.05) is 13.1 Å². The van der Waals surface area contributed by atoms with Gasteiger partial charge in [-0.2, -0.15) is 0 Å². The molecule has 1 heterocycles. The van der Waals surface area contributed by atoms with Gasteiger partial charge in [-0.25, -0.2) is 0 Å². The van der Waals surface area contributed by atoms with Gasteiger partial charge in [0.05, 0.1) is 5.56 Å². The summed E-state index contributed by atoms with van der Waals surface area (Å²) >= 11 is 2.13. The summed E-state index contributed by atoms with van der Waals surface area (Å²) in [5, 5.41) is 9.08. The summed E-state index contributed by atoms with van der Waals surface area (Å²) in [6, 6.07) is 5.52. The Bertz CT molecular complexity index is 547. The van der Waals surface area contributed by atoms with E-state index in [9.17, 15) is 9.59 Å². The fourth-order valence-electron chi connectivity index (χ4n) is 2.16. The summed E-state index contributed by atoms with van der Waals surface area (Å²) in [4.78, 5) is 25.0. The number of aliphatic carboxylic acids is 1. The van der Waals surface area contributed by atoms with Gasteiger partial charge in [0.25, 0.3) is 5.91 Å². The topological polar surface area (TPSA) is 83.6 Å². The molecule has 2 rings (SSSR count). The van der Waals surface area contributed by atoms with Crippen molar-refractivity contribution in [1.82, 2.24) is 4.90 Å². The molecule has 19 heavy (non-hydrogen) atoms. The molecule has 1 saturated heterocycles. The average molecular weight is 374 g/mol. The van der Waals surface area contributed by atoms with Gasteiger partial charge in [-0.15, -0.1) is 0 Å². The molecule has 1 atom stereocenters. The lowest BCUT2D eigenvalue weighted by molar-refractivity contribution is -0.142. The molecule has 1 aromatic carbocycles. The Hall–Kier alpha value is -1.15. The Morgan fingerprint density at radius 3 is 2.74 bits per heavy atom. The van der Waals surface area contributed by atoms with Crippen LogP contribution in [0.4, 0.5) is 0 Å². The number of benzene rings is 1. The number of hydrogen-bond acceptors (Lipinski definition) is 3. The number of halogens is 1. The van der Waals surface area contributed by atoms with Crippen LogP contribution < -0.4 is 5.73 Å². The Morgan fingerprint density at radius 1 is 1.47 bits per heavy atom. The second kappa shape index (κ2) is 5.09. The molecule has 0 aromatic heterocycles. The minimum atomic E-state index is -1.31. The van der Waals surface area contributed by atoms with E-state index in [1.807, 2.05) is 19.1 Å². The number of nitrogens with two attached hydrogens (primary N) is 1. The summed E-state index contributed by atoms with van der Waals surface area (Å²) in [6.07, 6.45) is 0.288. The minimum absolute atomic E-state index is 0.0607. The highest BCUT2D eigenvalue weighted by atomic mass is 127. The number of carbonyl (C=O) groups excluding carboxylic acids is 1. The molecule has 0 spiro atoms. The molecule has 0 bridgehead atoms. The van der Waals surface area contributed by atoms with Gasteiger partial charge in [0, 0.05) is 16.7 Å². The number of carbonyl (C=O) groups is 2. The molecule has 6 heteroatoms. The number of carboxylic acid groups (broad SMARTS) is 1. The number of carboxylic acids is 1. The number of hydrogen-bond donors (Lipinski definition) is 2. The van der Waals surface area contributed by atoms with E-state index in [2.05, 4.69) is 22.6 Å². The highest BCUT2D eigenvalue weighted by molar-refractivity contribution is 14.1. The van der Waals surface area contributed by atoms with Gasteiger partial charge in [0.2, 0.25) is 0 Å². The van der Waals surface area contributed by atoms with Crippen LogP contribution in [-0.4, -0.2) is 40.5 Å². The van der Waals surface area contributed by atoms with Crippen LogP contribution >= 0.6 is 22.6 Å². The molecule has 1 amide bonds. The number of rotatable bonds is 2. The predicted molar refractivity (Wildman–Crippen MR) is 79.0 cm³/mol. The smallest absolute Gasteiger partial charge is 0.325 e. The van der Waals surface area contributed by atoms with E-state index in [0.29, 0.717) is 12.1 Å². The number of likely N-dealkylation sites (tertiary alicyclic amines) is 1. The van der Waals surface area contributed by atoms with E-state index in [-0.39, 0.29) is 18.9 Å². The van der Waals surface area contributed by atoms with Crippen LogP contribution in [0.25, 0.3) is 0 Å². The maximum Gasteiger partial charge on any atom is 0.325 e. The first kappa shape index (κ1) is 14.3. The molecule has 0 aliphatic carbocycles. The van der Waals surface area contributed by atoms with Gasteiger partial charge in [0.15, 0.2) is 0 Å². The molecule has 1 aromatic rings. The van der Waals surface area contributed by atoms with Gasteiger partial charge in [-0.3, -0.25) is 9.59 Å². The van der Waals surface area contributed by atoms with Crippen LogP contribution in [0.3, 0.4) is 0 Å². The molecule has 3 N–H and O–H groups in total.